The molecular weight excluding hydrogens is 768 g/mol. The zero-order chi connectivity index (χ0) is 44.0. The summed E-state index contributed by atoms with van der Waals surface area (Å²) in [4.78, 5) is 44.1. The average molecular weight is 834 g/mol. The highest BCUT2D eigenvalue weighted by molar-refractivity contribution is 5.83. The smallest absolute Gasteiger partial charge is 0.312 e. The van der Waals surface area contributed by atoms with Crippen molar-refractivity contribution in [3.05, 3.63) is 71.3 Å². The van der Waals surface area contributed by atoms with Crippen molar-refractivity contribution >= 4 is 17.7 Å². The maximum absolute atomic E-state index is 14.8. The molecule has 0 radical (unpaired) electrons. The van der Waals surface area contributed by atoms with Crippen LogP contribution >= 0.6 is 0 Å². The number of ketones is 1. The molecule has 0 aliphatic carbocycles. The van der Waals surface area contributed by atoms with Gasteiger partial charge in [-0.1, -0.05) is 58.0 Å². The molecule has 12 nitrogen and oxygen atoms in total. The number of aliphatic hydroxyl groups is 2. The molecule has 2 aromatic carbocycles. The van der Waals surface area contributed by atoms with Crippen LogP contribution < -0.4 is 0 Å². The number of esters is 2. The van der Waals surface area contributed by atoms with Crippen molar-refractivity contribution in [3.63, 3.8) is 0 Å². The van der Waals surface area contributed by atoms with Crippen molar-refractivity contribution in [1.82, 2.24) is 4.90 Å². The first-order chi connectivity index (χ1) is 27.7. The number of likely N-dealkylation sites (N-methyl/N-ethyl adjacent to an activating group) is 1. The van der Waals surface area contributed by atoms with Gasteiger partial charge in [-0.05, 0) is 83.3 Å². The number of ether oxygens (including phenoxy) is 6. The number of hydrogen-bond acceptors (Lipinski definition) is 12. The molecule has 14 atom stereocenters. The predicted octanol–water partition coefficient (Wildman–Crippen LogP) is 5.81. The molecule has 2 aliphatic rings. The van der Waals surface area contributed by atoms with Gasteiger partial charge in [-0.3, -0.25) is 19.3 Å². The van der Waals surface area contributed by atoms with Crippen LogP contribution in [-0.4, -0.2) is 114 Å². The SMILES string of the molecule is CC[C@H]1OC(=O)[C@H](C)[C@@H](OC(=O)Cc2ccccc2F)[C@H](C)[C@@H](OC2O[C@@H](C)C[C@@H](N(C)Cc3ccc(F)cc3)[C@@H]2OC)[C@](C)(OC)C[C@@H](C)C(=O)[C@@H](C)[C@@H](O)[C@]1(C)O. The van der Waals surface area contributed by atoms with Gasteiger partial charge in [0.1, 0.15) is 41.3 Å². The Bertz CT molecular complexity index is 1710. The van der Waals surface area contributed by atoms with Crippen LogP contribution in [-0.2, 0) is 55.8 Å². The standard InChI is InChI=1S/C45H65F2NO11/c1-12-35-45(8,53)40(51)27(4)37(50)25(2)23-44(7,55-11)41(28(5)38(29(6)42(52)57-35)58-36(49)22-31-15-13-14-16-33(31)47)59-43-39(54-10)34(21-26(3)56-43)48(9)24-30-17-19-32(46)20-18-30/h13-20,25-29,34-35,38-41,43,51,53H,12,21-24H2,1-11H3/t25-,26+,27-,28+,29-,34-,35-,38+,39+,40-,41-,43?,44-,45-/m1/s1. The molecule has 4 rings (SSSR count). The van der Waals surface area contributed by atoms with Gasteiger partial charge in [0.2, 0.25) is 0 Å². The Morgan fingerprint density at radius 3 is 2.20 bits per heavy atom. The normalized spacial score (nSPS) is 36.5. The van der Waals surface area contributed by atoms with Gasteiger partial charge in [0, 0.05) is 44.6 Å². The first-order valence-electron chi connectivity index (χ1n) is 20.6. The van der Waals surface area contributed by atoms with Crippen LogP contribution in [0.2, 0.25) is 0 Å². The Labute approximate surface area is 347 Å². The van der Waals surface area contributed by atoms with Crippen LogP contribution in [0.4, 0.5) is 8.78 Å². The number of hydrogen-bond donors (Lipinski definition) is 2. The second kappa shape index (κ2) is 20.5. The van der Waals surface area contributed by atoms with Crippen molar-refractivity contribution in [2.24, 2.45) is 23.7 Å². The maximum Gasteiger partial charge on any atom is 0.312 e. The summed E-state index contributed by atoms with van der Waals surface area (Å²) in [5.41, 5.74) is -2.41. The third kappa shape index (κ3) is 11.3. The number of aliphatic hydroxyl groups excluding tert-OH is 1. The zero-order valence-corrected chi connectivity index (χ0v) is 36.4. The first-order valence-corrected chi connectivity index (χ1v) is 20.6. The predicted molar refractivity (Wildman–Crippen MR) is 215 cm³/mol. The minimum atomic E-state index is -2.04. The van der Waals surface area contributed by atoms with E-state index in [1.165, 1.54) is 58.2 Å². The summed E-state index contributed by atoms with van der Waals surface area (Å²) in [5.74, 6) is -6.89. The monoisotopic (exact) mass is 833 g/mol. The largest absolute Gasteiger partial charge is 0.461 e. The summed E-state index contributed by atoms with van der Waals surface area (Å²) in [6, 6.07) is 11.8. The highest BCUT2D eigenvalue weighted by Crippen LogP contribution is 2.40. The van der Waals surface area contributed by atoms with Gasteiger partial charge in [-0.2, -0.15) is 0 Å². The van der Waals surface area contributed by atoms with Crippen LogP contribution in [0.3, 0.4) is 0 Å². The fourth-order valence-corrected chi connectivity index (χ4v) is 8.94. The molecule has 2 fully saturated rings. The zero-order valence-electron chi connectivity index (χ0n) is 36.4. The summed E-state index contributed by atoms with van der Waals surface area (Å²) < 4.78 is 66.4. The molecule has 0 aromatic heterocycles. The molecule has 0 amide bonds. The third-order valence-corrected chi connectivity index (χ3v) is 12.5. The number of carbonyl (C=O) groups excluding carboxylic acids is 3. The fraction of sp³-hybridized carbons (Fsp3) is 0.667. The quantitative estimate of drug-likeness (QED) is 0.263. The van der Waals surface area contributed by atoms with Crippen molar-refractivity contribution in [1.29, 1.82) is 0 Å². The van der Waals surface area contributed by atoms with E-state index in [4.69, 9.17) is 28.4 Å². The Kier molecular flexibility index (Phi) is 16.8. The van der Waals surface area contributed by atoms with Crippen LogP contribution in [0.5, 0.6) is 0 Å². The van der Waals surface area contributed by atoms with E-state index in [9.17, 15) is 33.4 Å². The van der Waals surface area contributed by atoms with E-state index in [1.54, 1.807) is 53.0 Å². The van der Waals surface area contributed by atoms with Crippen molar-refractivity contribution in [3.8, 4) is 0 Å². The van der Waals surface area contributed by atoms with Gasteiger partial charge < -0.3 is 38.6 Å². The van der Waals surface area contributed by atoms with Gasteiger partial charge in [0.05, 0.1) is 36.3 Å². The number of halogens is 2. The van der Waals surface area contributed by atoms with E-state index in [0.717, 1.165) is 5.56 Å². The summed E-state index contributed by atoms with van der Waals surface area (Å²) >= 11 is 0. The van der Waals surface area contributed by atoms with E-state index in [-0.39, 0.29) is 42.2 Å². The van der Waals surface area contributed by atoms with Gasteiger partial charge >= 0.3 is 11.9 Å². The minimum Gasteiger partial charge on any atom is -0.461 e. The van der Waals surface area contributed by atoms with Crippen molar-refractivity contribution in [2.45, 2.75) is 148 Å². The first kappa shape index (κ1) is 48.3. The second-order valence-corrected chi connectivity index (χ2v) is 17.1. The van der Waals surface area contributed by atoms with Gasteiger partial charge in [0.15, 0.2) is 6.29 Å². The summed E-state index contributed by atoms with van der Waals surface area (Å²) in [6.07, 6.45) is -7.06. The Hall–Kier alpha value is -3.37. The number of rotatable bonds is 11. The fourth-order valence-electron chi connectivity index (χ4n) is 8.94. The lowest BCUT2D eigenvalue weighted by atomic mass is 9.74. The van der Waals surface area contributed by atoms with Gasteiger partial charge in [0.25, 0.3) is 0 Å². The molecule has 1 unspecified atom stereocenters. The van der Waals surface area contributed by atoms with E-state index in [2.05, 4.69) is 4.90 Å². The molecule has 14 heteroatoms. The number of carbonyl (C=O) groups is 3. The van der Waals surface area contributed by atoms with E-state index in [1.807, 2.05) is 14.0 Å². The van der Waals surface area contributed by atoms with E-state index in [0.29, 0.717) is 13.0 Å². The van der Waals surface area contributed by atoms with Gasteiger partial charge in [-0.25, -0.2) is 8.78 Å². The summed E-state index contributed by atoms with van der Waals surface area (Å²) in [5, 5.41) is 23.1. The Morgan fingerprint density at radius 2 is 1.61 bits per heavy atom. The molecule has 2 heterocycles. The lowest BCUT2D eigenvalue weighted by Crippen LogP contribution is -2.61. The van der Waals surface area contributed by atoms with Crippen molar-refractivity contribution in [2.75, 3.05) is 21.3 Å². The second-order valence-electron chi connectivity index (χ2n) is 17.1. The van der Waals surface area contributed by atoms with Crippen LogP contribution in [0, 0.1) is 35.3 Å². The molecular formula is C45H65F2NO11. The molecule has 0 saturated carbocycles. The van der Waals surface area contributed by atoms with Crippen LogP contribution in [0.1, 0.15) is 85.8 Å². The van der Waals surface area contributed by atoms with E-state index >= 15 is 0 Å². The minimum absolute atomic E-state index is 0.0380. The van der Waals surface area contributed by atoms with Gasteiger partial charge in [-0.15, -0.1) is 0 Å². The number of nitrogens with zero attached hydrogens (tertiary/aromatic N) is 1. The van der Waals surface area contributed by atoms with E-state index < -0.39 is 95.9 Å². The molecule has 330 valence electrons. The topological polar surface area (TPSA) is 150 Å². The molecule has 2 N–H and O–H groups in total. The molecule has 2 aromatic rings. The number of cyclic esters (lactones) is 1. The summed E-state index contributed by atoms with van der Waals surface area (Å²) in [7, 11) is 4.94. The number of benzene rings is 2. The highest BCUT2D eigenvalue weighted by atomic mass is 19.1. The number of methoxy groups -OCH3 is 2. The van der Waals surface area contributed by atoms with Crippen LogP contribution in [0.15, 0.2) is 48.5 Å². The number of Topliss-reactive ketones (excluding diaryl/α,β-unsaturated/α-hetero) is 1. The lowest BCUT2D eigenvalue weighted by Gasteiger charge is -2.49. The molecule has 2 saturated heterocycles. The average Bonchev–Trinajstić information content (AvgIpc) is 3.20. The highest BCUT2D eigenvalue weighted by Gasteiger charge is 2.53. The Balaban J connectivity index is 1.83. The van der Waals surface area contributed by atoms with Crippen LogP contribution in [0.25, 0.3) is 0 Å². The van der Waals surface area contributed by atoms with Crippen molar-refractivity contribution < 1.29 is 61.8 Å². The summed E-state index contributed by atoms with van der Waals surface area (Å²) in [6.45, 7) is 13.6. The third-order valence-electron chi connectivity index (χ3n) is 12.5. The lowest BCUT2D eigenvalue weighted by molar-refractivity contribution is -0.306. The molecule has 0 bridgehead atoms. The Morgan fingerprint density at radius 1 is 0.966 bits per heavy atom. The molecule has 2 aliphatic heterocycles. The molecule has 59 heavy (non-hydrogen) atoms. The molecule has 0 spiro atoms. The maximum atomic E-state index is 14.8.